The van der Waals surface area contributed by atoms with E-state index in [0.717, 1.165) is 10.0 Å². The predicted molar refractivity (Wildman–Crippen MR) is 72.6 cm³/mol. The summed E-state index contributed by atoms with van der Waals surface area (Å²) in [7, 11) is 0. The molecule has 0 N–H and O–H groups in total. The van der Waals surface area contributed by atoms with E-state index in [1.807, 2.05) is 24.3 Å². The summed E-state index contributed by atoms with van der Waals surface area (Å²) in [6, 6.07) is 12.3. The summed E-state index contributed by atoms with van der Waals surface area (Å²) >= 11 is 6.66. The van der Waals surface area contributed by atoms with Crippen LogP contribution in [-0.2, 0) is 6.61 Å². The lowest BCUT2D eigenvalue weighted by Gasteiger charge is -2.08. The standard InChI is InChI=1S/C13H9Br2FO/c14-10-5-11(16)7-12(6-10)17-8-9-3-1-2-4-13(9)15/h1-7H,8H2. The second-order valence-corrected chi connectivity index (χ2v) is 5.26. The lowest BCUT2D eigenvalue weighted by atomic mass is 10.2. The molecule has 17 heavy (non-hydrogen) atoms. The van der Waals surface area contributed by atoms with Crippen LogP contribution in [0.1, 0.15) is 5.56 Å². The zero-order valence-electron chi connectivity index (χ0n) is 8.79. The van der Waals surface area contributed by atoms with Gasteiger partial charge in [0.1, 0.15) is 18.2 Å². The van der Waals surface area contributed by atoms with Crippen molar-refractivity contribution in [1.82, 2.24) is 0 Å². The van der Waals surface area contributed by atoms with Gasteiger partial charge in [0, 0.05) is 20.6 Å². The van der Waals surface area contributed by atoms with Gasteiger partial charge in [0.2, 0.25) is 0 Å². The molecule has 0 amide bonds. The molecule has 0 saturated carbocycles. The molecular weight excluding hydrogens is 351 g/mol. The van der Waals surface area contributed by atoms with E-state index in [9.17, 15) is 4.39 Å². The molecule has 4 heteroatoms. The van der Waals surface area contributed by atoms with Crippen molar-refractivity contribution in [2.75, 3.05) is 0 Å². The van der Waals surface area contributed by atoms with Crippen LogP contribution in [0, 0.1) is 5.82 Å². The molecule has 2 aromatic carbocycles. The Morgan fingerprint density at radius 1 is 1.06 bits per heavy atom. The van der Waals surface area contributed by atoms with Crippen molar-refractivity contribution in [3.8, 4) is 5.75 Å². The molecular formula is C13H9Br2FO. The Morgan fingerprint density at radius 3 is 2.53 bits per heavy atom. The molecule has 0 aliphatic rings. The maximum Gasteiger partial charge on any atom is 0.128 e. The zero-order valence-corrected chi connectivity index (χ0v) is 12.0. The van der Waals surface area contributed by atoms with Crippen molar-refractivity contribution in [2.45, 2.75) is 6.61 Å². The molecule has 1 nitrogen and oxygen atoms in total. The van der Waals surface area contributed by atoms with Crippen molar-refractivity contribution >= 4 is 31.9 Å². The second-order valence-electron chi connectivity index (χ2n) is 3.49. The van der Waals surface area contributed by atoms with E-state index in [4.69, 9.17) is 4.74 Å². The molecule has 2 aromatic rings. The summed E-state index contributed by atoms with van der Waals surface area (Å²) in [6.45, 7) is 0.400. The van der Waals surface area contributed by atoms with Gasteiger partial charge in [-0.05, 0) is 18.2 Å². The normalized spacial score (nSPS) is 10.3. The van der Waals surface area contributed by atoms with Crippen LogP contribution in [0.4, 0.5) is 4.39 Å². The number of ether oxygens (including phenoxy) is 1. The van der Waals surface area contributed by atoms with Gasteiger partial charge in [-0.25, -0.2) is 4.39 Å². The highest BCUT2D eigenvalue weighted by Gasteiger charge is 2.02. The Labute approximate surface area is 116 Å². The zero-order chi connectivity index (χ0) is 12.3. The van der Waals surface area contributed by atoms with Gasteiger partial charge in [0.25, 0.3) is 0 Å². The third kappa shape index (κ3) is 3.54. The SMILES string of the molecule is Fc1cc(Br)cc(OCc2ccccc2Br)c1. The van der Waals surface area contributed by atoms with Crippen molar-refractivity contribution in [3.63, 3.8) is 0 Å². The molecule has 0 bridgehead atoms. The van der Waals surface area contributed by atoms with Gasteiger partial charge in [-0.1, -0.05) is 50.1 Å². The largest absolute Gasteiger partial charge is 0.489 e. The number of halogens is 3. The maximum atomic E-state index is 13.1. The summed E-state index contributed by atoms with van der Waals surface area (Å²) in [4.78, 5) is 0. The van der Waals surface area contributed by atoms with E-state index < -0.39 is 0 Å². The Kier molecular flexibility index (Phi) is 4.18. The van der Waals surface area contributed by atoms with Crippen LogP contribution in [0.15, 0.2) is 51.4 Å². The van der Waals surface area contributed by atoms with E-state index in [-0.39, 0.29) is 5.82 Å². The van der Waals surface area contributed by atoms with E-state index in [0.29, 0.717) is 16.8 Å². The monoisotopic (exact) mass is 358 g/mol. The molecule has 0 atom stereocenters. The van der Waals surface area contributed by atoms with E-state index in [1.165, 1.54) is 12.1 Å². The van der Waals surface area contributed by atoms with E-state index >= 15 is 0 Å². The molecule has 0 spiro atoms. The van der Waals surface area contributed by atoms with Gasteiger partial charge >= 0.3 is 0 Å². The number of benzene rings is 2. The quantitative estimate of drug-likeness (QED) is 0.754. The molecule has 0 aliphatic heterocycles. The van der Waals surface area contributed by atoms with Crippen LogP contribution in [0.2, 0.25) is 0 Å². The Bertz CT molecular complexity index is 508. The smallest absolute Gasteiger partial charge is 0.128 e. The Morgan fingerprint density at radius 2 is 1.82 bits per heavy atom. The highest BCUT2D eigenvalue weighted by atomic mass is 79.9. The summed E-state index contributed by atoms with van der Waals surface area (Å²) in [5.41, 5.74) is 1.02. The van der Waals surface area contributed by atoms with Gasteiger partial charge in [-0.3, -0.25) is 0 Å². The fourth-order valence-electron chi connectivity index (χ4n) is 1.39. The number of hydrogen-bond acceptors (Lipinski definition) is 1. The van der Waals surface area contributed by atoms with Crippen LogP contribution < -0.4 is 4.74 Å². The van der Waals surface area contributed by atoms with Crippen LogP contribution in [0.3, 0.4) is 0 Å². The van der Waals surface area contributed by atoms with Crippen LogP contribution in [-0.4, -0.2) is 0 Å². The van der Waals surface area contributed by atoms with E-state index in [1.54, 1.807) is 6.07 Å². The van der Waals surface area contributed by atoms with E-state index in [2.05, 4.69) is 31.9 Å². The third-order valence-electron chi connectivity index (χ3n) is 2.19. The first kappa shape index (κ1) is 12.6. The molecule has 0 radical (unpaired) electrons. The summed E-state index contributed by atoms with van der Waals surface area (Å²) in [6.07, 6.45) is 0. The molecule has 0 heterocycles. The molecule has 2 rings (SSSR count). The van der Waals surface area contributed by atoms with Gasteiger partial charge in [-0.2, -0.15) is 0 Å². The molecule has 88 valence electrons. The van der Waals surface area contributed by atoms with Crippen LogP contribution >= 0.6 is 31.9 Å². The topological polar surface area (TPSA) is 9.23 Å². The fourth-order valence-corrected chi connectivity index (χ4v) is 2.23. The first-order valence-electron chi connectivity index (χ1n) is 4.97. The molecule has 0 aliphatic carbocycles. The van der Waals surface area contributed by atoms with Crippen molar-refractivity contribution in [1.29, 1.82) is 0 Å². The predicted octanol–water partition coefficient (Wildman–Crippen LogP) is 4.93. The minimum Gasteiger partial charge on any atom is -0.489 e. The average Bonchev–Trinajstić information content (AvgIpc) is 2.27. The minimum absolute atomic E-state index is 0.318. The highest BCUT2D eigenvalue weighted by molar-refractivity contribution is 9.10. The van der Waals surface area contributed by atoms with Crippen molar-refractivity contribution in [3.05, 3.63) is 62.8 Å². The first-order valence-corrected chi connectivity index (χ1v) is 6.56. The fraction of sp³-hybridized carbons (Fsp3) is 0.0769. The lowest BCUT2D eigenvalue weighted by Crippen LogP contribution is -1.96. The molecule has 0 fully saturated rings. The molecule has 0 saturated heterocycles. The number of rotatable bonds is 3. The average molecular weight is 360 g/mol. The number of hydrogen-bond donors (Lipinski definition) is 0. The van der Waals surface area contributed by atoms with Crippen molar-refractivity contribution < 1.29 is 9.13 Å². The molecule has 0 aromatic heterocycles. The highest BCUT2D eigenvalue weighted by Crippen LogP contribution is 2.23. The van der Waals surface area contributed by atoms with Gasteiger partial charge < -0.3 is 4.74 Å². The summed E-state index contributed by atoms with van der Waals surface area (Å²) < 4.78 is 20.3. The third-order valence-corrected chi connectivity index (χ3v) is 3.42. The van der Waals surface area contributed by atoms with Gasteiger partial charge in [0.15, 0.2) is 0 Å². The summed E-state index contributed by atoms with van der Waals surface area (Å²) in [5, 5.41) is 0. The second kappa shape index (κ2) is 5.65. The summed E-state index contributed by atoms with van der Waals surface area (Å²) in [5.74, 6) is 0.189. The minimum atomic E-state index is -0.318. The van der Waals surface area contributed by atoms with Crippen LogP contribution in [0.25, 0.3) is 0 Å². The van der Waals surface area contributed by atoms with Crippen molar-refractivity contribution in [2.24, 2.45) is 0 Å². The van der Waals surface area contributed by atoms with Gasteiger partial charge in [-0.15, -0.1) is 0 Å². The van der Waals surface area contributed by atoms with Gasteiger partial charge in [0.05, 0.1) is 0 Å². The maximum absolute atomic E-state index is 13.1. The molecule has 0 unspecified atom stereocenters. The first-order chi connectivity index (χ1) is 8.15. The lowest BCUT2D eigenvalue weighted by molar-refractivity contribution is 0.303. The van der Waals surface area contributed by atoms with Crippen LogP contribution in [0.5, 0.6) is 5.75 Å². The Balaban J connectivity index is 2.10. The Hall–Kier alpha value is -0.870.